The van der Waals surface area contributed by atoms with Crippen LogP contribution in [-0.4, -0.2) is 58.8 Å². The molecule has 3 N–H and O–H groups in total. The molecule has 2 rings (SSSR count). The third-order valence-corrected chi connectivity index (χ3v) is 5.78. The number of nitrogens with one attached hydrogen (secondary N) is 1. The fourth-order valence-corrected chi connectivity index (χ4v) is 4.93. The van der Waals surface area contributed by atoms with Crippen LogP contribution in [0.4, 0.5) is 10.7 Å². The number of carbonyl (C=O) groups excluding carboxylic acids is 1. The number of esters is 1. The molecule has 0 spiro atoms. The Morgan fingerprint density at radius 1 is 1.52 bits per heavy atom. The van der Waals surface area contributed by atoms with E-state index in [0.29, 0.717) is 5.00 Å². The van der Waals surface area contributed by atoms with E-state index in [2.05, 4.69) is 15.0 Å². The topological polar surface area (TPSA) is 102 Å². The number of carbonyl (C=O) groups is 1. The van der Waals surface area contributed by atoms with Gasteiger partial charge in [-0.3, -0.25) is 0 Å². The summed E-state index contributed by atoms with van der Waals surface area (Å²) in [4.78, 5) is 13.9. The number of rotatable bonds is 4. The van der Waals surface area contributed by atoms with Gasteiger partial charge in [0, 0.05) is 18.8 Å². The van der Waals surface area contributed by atoms with Crippen molar-refractivity contribution < 1.29 is 17.9 Å². The second-order valence-electron chi connectivity index (χ2n) is 5.16. The molecule has 2 heterocycles. The van der Waals surface area contributed by atoms with Gasteiger partial charge in [-0.1, -0.05) is 0 Å². The minimum atomic E-state index is -3.54. The summed E-state index contributed by atoms with van der Waals surface area (Å²) in [6.07, 6.45) is 1.99. The lowest BCUT2D eigenvalue weighted by atomic mass is 10.2. The highest BCUT2D eigenvalue weighted by Gasteiger charge is 2.29. The van der Waals surface area contributed by atoms with Crippen LogP contribution in [0.15, 0.2) is 4.90 Å². The van der Waals surface area contributed by atoms with Gasteiger partial charge in [0.1, 0.15) is 14.8 Å². The molecule has 1 aliphatic heterocycles. The first-order valence-corrected chi connectivity index (χ1v) is 9.10. The van der Waals surface area contributed by atoms with E-state index in [0.717, 1.165) is 37.1 Å². The molecule has 1 unspecified atom stereocenters. The van der Waals surface area contributed by atoms with Crippen LogP contribution >= 0.6 is 11.3 Å². The Balaban J connectivity index is 2.41. The first kappa shape index (κ1) is 16.1. The van der Waals surface area contributed by atoms with E-state index in [-0.39, 0.29) is 21.5 Å². The molecule has 1 aliphatic rings. The summed E-state index contributed by atoms with van der Waals surface area (Å²) in [5, 5.41) is 3.61. The monoisotopic (exact) mass is 333 g/mol. The average molecular weight is 333 g/mol. The molecule has 1 aromatic heterocycles. The number of hydrogen-bond donors (Lipinski definition) is 2. The van der Waals surface area contributed by atoms with Gasteiger partial charge in [-0.15, -0.1) is 11.3 Å². The molecule has 1 atom stereocenters. The Kier molecular flexibility index (Phi) is 4.45. The molecular formula is C12H19N3O4S2. The van der Waals surface area contributed by atoms with Gasteiger partial charge < -0.3 is 20.7 Å². The molecule has 118 valence electrons. The van der Waals surface area contributed by atoms with Gasteiger partial charge in [0.05, 0.1) is 12.8 Å². The zero-order chi connectivity index (χ0) is 15.8. The Hall–Kier alpha value is -1.32. The van der Waals surface area contributed by atoms with E-state index < -0.39 is 15.8 Å². The standard InChI is InChI=1S/C12H19N3O4S2/c1-15-5-4-7(6-15)14-11-10(21(3,17)18)8(13)9(20-11)12(16)19-2/h7,14H,4-6,13H2,1-3H3. The van der Waals surface area contributed by atoms with E-state index in [1.807, 2.05) is 7.05 Å². The number of likely N-dealkylation sites (N-methyl/N-ethyl adjacent to an activating group) is 1. The zero-order valence-electron chi connectivity index (χ0n) is 12.2. The quantitative estimate of drug-likeness (QED) is 0.779. The third-order valence-electron chi connectivity index (χ3n) is 3.37. The molecule has 21 heavy (non-hydrogen) atoms. The van der Waals surface area contributed by atoms with Crippen LogP contribution < -0.4 is 11.1 Å². The summed E-state index contributed by atoms with van der Waals surface area (Å²) >= 11 is 1.03. The first-order valence-electron chi connectivity index (χ1n) is 6.39. The predicted octanol–water partition coefficient (Wildman–Crippen LogP) is 0.636. The fraction of sp³-hybridized carbons (Fsp3) is 0.583. The Bertz CT molecular complexity index is 654. The molecule has 0 bridgehead atoms. The first-order chi connectivity index (χ1) is 9.74. The van der Waals surface area contributed by atoms with Crippen molar-refractivity contribution in [2.24, 2.45) is 0 Å². The number of ether oxygens (including phenoxy) is 1. The molecule has 0 saturated carbocycles. The summed E-state index contributed by atoms with van der Waals surface area (Å²) < 4.78 is 28.6. The lowest BCUT2D eigenvalue weighted by molar-refractivity contribution is 0.0607. The number of sulfone groups is 1. The van der Waals surface area contributed by atoms with Gasteiger partial charge in [-0.25, -0.2) is 13.2 Å². The summed E-state index contributed by atoms with van der Waals surface area (Å²) in [7, 11) is -0.300. The van der Waals surface area contributed by atoms with Crippen molar-refractivity contribution >= 4 is 37.8 Å². The zero-order valence-corrected chi connectivity index (χ0v) is 13.8. The number of nitrogens with two attached hydrogens (primary N) is 1. The second kappa shape index (κ2) is 5.82. The van der Waals surface area contributed by atoms with E-state index in [1.165, 1.54) is 7.11 Å². The van der Waals surface area contributed by atoms with Crippen molar-refractivity contribution in [3.63, 3.8) is 0 Å². The number of thiophene rings is 1. The van der Waals surface area contributed by atoms with Crippen molar-refractivity contribution in [3.8, 4) is 0 Å². The van der Waals surface area contributed by atoms with E-state index in [1.54, 1.807) is 0 Å². The number of hydrogen-bond acceptors (Lipinski definition) is 8. The molecule has 7 nitrogen and oxygen atoms in total. The molecule has 0 aromatic carbocycles. The van der Waals surface area contributed by atoms with Crippen molar-refractivity contribution in [3.05, 3.63) is 4.88 Å². The molecule has 9 heteroatoms. The second-order valence-corrected chi connectivity index (χ2v) is 8.13. The maximum Gasteiger partial charge on any atom is 0.350 e. The van der Waals surface area contributed by atoms with E-state index in [9.17, 15) is 13.2 Å². The normalized spacial score (nSPS) is 19.7. The van der Waals surface area contributed by atoms with Gasteiger partial charge in [-0.2, -0.15) is 0 Å². The van der Waals surface area contributed by atoms with E-state index in [4.69, 9.17) is 5.73 Å². The van der Waals surface area contributed by atoms with Crippen LogP contribution in [0, 0.1) is 0 Å². The van der Waals surface area contributed by atoms with Crippen LogP contribution in [0.2, 0.25) is 0 Å². The summed E-state index contributed by atoms with van der Waals surface area (Å²) in [5.74, 6) is -0.626. The third kappa shape index (κ3) is 3.30. The fourth-order valence-electron chi connectivity index (χ4n) is 2.37. The lowest BCUT2D eigenvalue weighted by Gasteiger charge is -2.13. The van der Waals surface area contributed by atoms with E-state index >= 15 is 0 Å². The van der Waals surface area contributed by atoms with Gasteiger partial charge >= 0.3 is 5.97 Å². The molecule has 0 radical (unpaired) electrons. The van der Waals surface area contributed by atoms with Crippen LogP contribution in [-0.2, 0) is 14.6 Å². The highest BCUT2D eigenvalue weighted by Crippen LogP contribution is 2.40. The molecule has 1 aromatic rings. The molecule has 0 aliphatic carbocycles. The van der Waals surface area contributed by atoms with Crippen molar-refractivity contribution in [2.45, 2.75) is 17.4 Å². The summed E-state index contributed by atoms with van der Waals surface area (Å²) in [6.45, 7) is 1.76. The summed E-state index contributed by atoms with van der Waals surface area (Å²) in [5.41, 5.74) is 5.81. The minimum absolute atomic E-state index is 0.0116. The summed E-state index contributed by atoms with van der Waals surface area (Å²) in [6, 6.07) is 0.138. The van der Waals surface area contributed by atoms with Crippen LogP contribution in [0.5, 0.6) is 0 Å². The van der Waals surface area contributed by atoms with Crippen LogP contribution in [0.3, 0.4) is 0 Å². The van der Waals surface area contributed by atoms with Crippen LogP contribution in [0.1, 0.15) is 16.1 Å². The molecule has 1 fully saturated rings. The molecular weight excluding hydrogens is 314 g/mol. The minimum Gasteiger partial charge on any atom is -0.465 e. The largest absolute Gasteiger partial charge is 0.465 e. The highest BCUT2D eigenvalue weighted by atomic mass is 32.2. The number of likely N-dealkylation sites (tertiary alicyclic amines) is 1. The molecule has 1 saturated heterocycles. The van der Waals surface area contributed by atoms with Gasteiger partial charge in [0.2, 0.25) is 0 Å². The maximum absolute atomic E-state index is 12.0. The number of nitrogens with zero attached hydrogens (tertiary/aromatic N) is 1. The number of nitrogen functional groups attached to an aromatic ring is 1. The maximum atomic E-state index is 12.0. The van der Waals surface area contributed by atoms with Crippen LogP contribution in [0.25, 0.3) is 0 Å². The Labute approximate surface area is 128 Å². The Morgan fingerprint density at radius 2 is 2.19 bits per heavy atom. The number of anilines is 2. The van der Waals surface area contributed by atoms with Crippen molar-refractivity contribution in [1.29, 1.82) is 0 Å². The highest BCUT2D eigenvalue weighted by molar-refractivity contribution is 7.91. The smallest absolute Gasteiger partial charge is 0.350 e. The SMILES string of the molecule is COC(=O)c1sc(NC2CCN(C)C2)c(S(C)(=O)=O)c1N. The molecule has 0 amide bonds. The lowest BCUT2D eigenvalue weighted by Crippen LogP contribution is -2.23. The van der Waals surface area contributed by atoms with Gasteiger partial charge in [0.15, 0.2) is 9.84 Å². The Morgan fingerprint density at radius 3 is 2.67 bits per heavy atom. The van der Waals surface area contributed by atoms with Gasteiger partial charge in [-0.05, 0) is 20.0 Å². The van der Waals surface area contributed by atoms with Crippen molar-refractivity contribution in [1.82, 2.24) is 4.90 Å². The number of methoxy groups -OCH3 is 1. The van der Waals surface area contributed by atoms with Gasteiger partial charge in [0.25, 0.3) is 0 Å². The average Bonchev–Trinajstić information content (AvgIpc) is 2.92. The predicted molar refractivity (Wildman–Crippen MR) is 82.7 cm³/mol. The van der Waals surface area contributed by atoms with Crippen molar-refractivity contribution in [2.75, 3.05) is 44.6 Å².